The van der Waals surface area contributed by atoms with Crippen LogP contribution in [0.5, 0.6) is 0 Å². The van der Waals surface area contributed by atoms with Crippen LogP contribution >= 0.6 is 15.9 Å². The number of carbonyl (C=O) groups is 2. The van der Waals surface area contributed by atoms with E-state index in [0.717, 1.165) is 0 Å². The van der Waals surface area contributed by atoms with Crippen LogP contribution in [0.15, 0.2) is 10.8 Å². The molecule has 0 spiro atoms. The zero-order chi connectivity index (χ0) is 14.6. The molecule has 1 aromatic heterocycles. The highest BCUT2D eigenvalue weighted by Gasteiger charge is 2.25. The molecule has 0 bridgehead atoms. The van der Waals surface area contributed by atoms with Gasteiger partial charge in [0.2, 0.25) is 5.91 Å². The lowest BCUT2D eigenvalue weighted by Gasteiger charge is -2.20. The third kappa shape index (κ3) is 4.23. The van der Waals surface area contributed by atoms with Crippen LogP contribution in [-0.2, 0) is 16.6 Å². The normalized spacial score (nSPS) is 12.1. The molecule has 1 atom stereocenters. The minimum Gasteiger partial charge on any atom is -0.453 e. The van der Waals surface area contributed by atoms with Gasteiger partial charge in [-0.3, -0.25) is 9.48 Å². The highest BCUT2D eigenvalue weighted by molar-refractivity contribution is 9.10. The van der Waals surface area contributed by atoms with E-state index in [0.29, 0.717) is 10.3 Å². The predicted octanol–water partition coefficient (Wildman–Crippen LogP) is 1.50. The van der Waals surface area contributed by atoms with Crippen LogP contribution in [0.25, 0.3) is 0 Å². The summed E-state index contributed by atoms with van der Waals surface area (Å²) in [5.74, 6) is -0.399. The number of alkyl carbamates (subject to hydrolysis) is 1. The summed E-state index contributed by atoms with van der Waals surface area (Å²) in [6.07, 6.45) is 1.02. The van der Waals surface area contributed by atoms with E-state index in [2.05, 4.69) is 36.4 Å². The minimum absolute atomic E-state index is 0.0745. The number of hydrogen-bond donors (Lipinski definition) is 2. The molecule has 2 N–H and O–H groups in total. The van der Waals surface area contributed by atoms with Gasteiger partial charge in [-0.1, -0.05) is 13.8 Å². The van der Waals surface area contributed by atoms with E-state index in [9.17, 15) is 9.59 Å². The Balaban J connectivity index is 2.77. The van der Waals surface area contributed by atoms with Gasteiger partial charge in [-0.25, -0.2) is 4.79 Å². The molecule has 0 saturated carbocycles. The Kier molecular flexibility index (Phi) is 5.34. The van der Waals surface area contributed by atoms with E-state index >= 15 is 0 Å². The summed E-state index contributed by atoms with van der Waals surface area (Å²) in [5, 5.41) is 9.25. The van der Waals surface area contributed by atoms with Gasteiger partial charge < -0.3 is 15.4 Å². The lowest BCUT2D eigenvalue weighted by atomic mass is 10.0. The highest BCUT2D eigenvalue weighted by atomic mass is 79.9. The van der Waals surface area contributed by atoms with Gasteiger partial charge in [0.25, 0.3) is 0 Å². The zero-order valence-electron chi connectivity index (χ0n) is 11.2. The van der Waals surface area contributed by atoms with E-state index in [1.54, 1.807) is 17.9 Å². The van der Waals surface area contributed by atoms with E-state index in [1.165, 1.54) is 7.11 Å². The number of methoxy groups -OCH3 is 1. The SMILES string of the molecule is COC(=O)N[C@H](C(=O)Nc1cn(C)nc1Br)C(C)C. The lowest BCUT2D eigenvalue weighted by molar-refractivity contribution is -0.119. The number of aryl methyl sites for hydroxylation is 1. The summed E-state index contributed by atoms with van der Waals surface area (Å²) in [5.41, 5.74) is 0.546. The van der Waals surface area contributed by atoms with Gasteiger partial charge in [0.1, 0.15) is 6.04 Å². The molecule has 7 nitrogen and oxygen atoms in total. The number of halogens is 1. The van der Waals surface area contributed by atoms with Crippen LogP contribution in [0, 0.1) is 5.92 Å². The molecule has 106 valence electrons. The van der Waals surface area contributed by atoms with Crippen molar-refractivity contribution < 1.29 is 14.3 Å². The Hall–Kier alpha value is -1.57. The third-order valence-electron chi connectivity index (χ3n) is 2.45. The smallest absolute Gasteiger partial charge is 0.407 e. The van der Waals surface area contributed by atoms with Gasteiger partial charge in [0.05, 0.1) is 12.8 Å². The first-order valence-electron chi connectivity index (χ1n) is 5.69. The second-order valence-corrected chi connectivity index (χ2v) is 5.11. The first-order chi connectivity index (χ1) is 8.85. The molecular formula is C11H17BrN4O3. The fraction of sp³-hybridized carbons (Fsp3) is 0.545. The Morgan fingerprint density at radius 2 is 2.11 bits per heavy atom. The maximum absolute atomic E-state index is 12.1. The number of anilines is 1. The number of aromatic nitrogens is 2. The maximum Gasteiger partial charge on any atom is 0.407 e. The highest BCUT2D eigenvalue weighted by Crippen LogP contribution is 2.20. The Bertz CT molecular complexity index is 473. The Morgan fingerprint density at radius 3 is 2.53 bits per heavy atom. The van der Waals surface area contributed by atoms with Crippen molar-refractivity contribution in [3.63, 3.8) is 0 Å². The van der Waals surface area contributed by atoms with Gasteiger partial charge in [0, 0.05) is 13.2 Å². The number of nitrogens with one attached hydrogen (secondary N) is 2. The molecule has 0 aliphatic heterocycles. The first-order valence-corrected chi connectivity index (χ1v) is 6.49. The molecule has 0 aliphatic rings. The fourth-order valence-electron chi connectivity index (χ4n) is 1.48. The molecule has 1 rings (SSSR count). The molecular weight excluding hydrogens is 316 g/mol. The quantitative estimate of drug-likeness (QED) is 0.874. The number of hydrogen-bond acceptors (Lipinski definition) is 4. The molecule has 8 heteroatoms. The number of amides is 2. The molecule has 0 radical (unpaired) electrons. The summed E-state index contributed by atoms with van der Waals surface area (Å²) in [4.78, 5) is 23.3. The topological polar surface area (TPSA) is 85.2 Å². The van der Waals surface area contributed by atoms with Gasteiger partial charge in [0.15, 0.2) is 4.60 Å². The van der Waals surface area contributed by atoms with Crippen LogP contribution < -0.4 is 10.6 Å². The molecule has 0 unspecified atom stereocenters. The van der Waals surface area contributed by atoms with Crippen molar-refractivity contribution in [2.24, 2.45) is 13.0 Å². The Morgan fingerprint density at radius 1 is 1.47 bits per heavy atom. The summed E-state index contributed by atoms with van der Waals surface area (Å²) < 4.78 is 6.60. The monoisotopic (exact) mass is 332 g/mol. The molecule has 1 aromatic rings. The number of ether oxygens (including phenoxy) is 1. The van der Waals surface area contributed by atoms with E-state index in [-0.39, 0.29) is 11.8 Å². The van der Waals surface area contributed by atoms with Crippen molar-refractivity contribution in [1.29, 1.82) is 0 Å². The average molecular weight is 333 g/mol. The van der Waals surface area contributed by atoms with Gasteiger partial charge in [-0.2, -0.15) is 5.10 Å². The number of carbonyl (C=O) groups excluding carboxylic acids is 2. The van der Waals surface area contributed by atoms with Crippen molar-refractivity contribution in [1.82, 2.24) is 15.1 Å². The average Bonchev–Trinajstić information content (AvgIpc) is 2.63. The van der Waals surface area contributed by atoms with Crippen molar-refractivity contribution in [3.05, 3.63) is 10.8 Å². The van der Waals surface area contributed by atoms with Crippen LogP contribution in [0.2, 0.25) is 0 Å². The Labute approximate surface area is 119 Å². The van der Waals surface area contributed by atoms with Crippen LogP contribution in [0.3, 0.4) is 0 Å². The van der Waals surface area contributed by atoms with Crippen LogP contribution in [0.1, 0.15) is 13.8 Å². The number of nitrogens with zero attached hydrogens (tertiary/aromatic N) is 2. The van der Waals surface area contributed by atoms with Crippen molar-refractivity contribution in [2.75, 3.05) is 12.4 Å². The summed E-state index contributed by atoms with van der Waals surface area (Å²) in [6, 6.07) is -0.681. The molecule has 0 aromatic carbocycles. The zero-order valence-corrected chi connectivity index (χ0v) is 12.8. The standard InChI is InChI=1S/C11H17BrN4O3/c1-6(2)8(14-11(18)19-4)10(17)13-7-5-16(3)15-9(7)12/h5-6,8H,1-4H3,(H,13,17)(H,14,18)/t8-/m0/s1. The van der Waals surface area contributed by atoms with Gasteiger partial charge in [-0.05, 0) is 21.8 Å². The molecule has 1 heterocycles. The predicted molar refractivity (Wildman–Crippen MR) is 73.7 cm³/mol. The van der Waals surface area contributed by atoms with E-state index in [1.807, 2.05) is 13.8 Å². The van der Waals surface area contributed by atoms with Crippen molar-refractivity contribution in [3.8, 4) is 0 Å². The van der Waals surface area contributed by atoms with Gasteiger partial charge >= 0.3 is 6.09 Å². The fourth-order valence-corrected chi connectivity index (χ4v) is 1.93. The summed E-state index contributed by atoms with van der Waals surface area (Å²) >= 11 is 3.24. The lowest BCUT2D eigenvalue weighted by Crippen LogP contribution is -2.47. The molecule has 0 fully saturated rings. The first kappa shape index (κ1) is 15.5. The number of rotatable bonds is 4. The van der Waals surface area contributed by atoms with E-state index in [4.69, 9.17) is 0 Å². The maximum atomic E-state index is 12.1. The van der Waals surface area contributed by atoms with Crippen LogP contribution in [-0.4, -0.2) is 34.9 Å². The van der Waals surface area contributed by atoms with Gasteiger partial charge in [-0.15, -0.1) is 0 Å². The van der Waals surface area contributed by atoms with Crippen LogP contribution in [0.4, 0.5) is 10.5 Å². The van der Waals surface area contributed by atoms with Crippen molar-refractivity contribution >= 4 is 33.6 Å². The van der Waals surface area contributed by atoms with E-state index < -0.39 is 12.1 Å². The van der Waals surface area contributed by atoms with Crippen molar-refractivity contribution in [2.45, 2.75) is 19.9 Å². The molecule has 2 amide bonds. The summed E-state index contributed by atoms with van der Waals surface area (Å²) in [7, 11) is 3.00. The molecule has 19 heavy (non-hydrogen) atoms. The molecule has 0 saturated heterocycles. The minimum atomic E-state index is -0.681. The molecule has 0 aliphatic carbocycles. The second-order valence-electron chi connectivity index (χ2n) is 4.35. The second kappa shape index (κ2) is 6.55. The summed E-state index contributed by atoms with van der Waals surface area (Å²) in [6.45, 7) is 3.66. The third-order valence-corrected chi connectivity index (χ3v) is 3.04. The largest absolute Gasteiger partial charge is 0.453 e.